The molecule has 3 aliphatic rings. The lowest BCUT2D eigenvalue weighted by Gasteiger charge is -2.26. The number of carbonyl (C=O) groups is 2. The van der Waals surface area contributed by atoms with E-state index in [0.29, 0.717) is 11.8 Å². The van der Waals surface area contributed by atoms with E-state index in [4.69, 9.17) is 0 Å². The van der Waals surface area contributed by atoms with E-state index in [0.717, 1.165) is 36.8 Å². The predicted octanol–water partition coefficient (Wildman–Crippen LogP) is 3.44. The van der Waals surface area contributed by atoms with E-state index in [-0.39, 0.29) is 11.8 Å². The number of amides is 2. The van der Waals surface area contributed by atoms with Crippen molar-refractivity contribution in [2.45, 2.75) is 64.2 Å². The van der Waals surface area contributed by atoms with Crippen LogP contribution in [0.5, 0.6) is 0 Å². The molecule has 3 nitrogen and oxygen atoms in total. The van der Waals surface area contributed by atoms with Crippen LogP contribution in [-0.4, -0.2) is 23.8 Å². The van der Waals surface area contributed by atoms with E-state index in [1.54, 1.807) is 7.05 Å². The summed E-state index contributed by atoms with van der Waals surface area (Å²) in [6.07, 6.45) is 11.8. The molecule has 0 aromatic rings. The molecule has 0 unspecified atom stereocenters. The first-order chi connectivity index (χ1) is 9.70. The maximum Gasteiger partial charge on any atom is 0.257 e. The average molecular weight is 275 g/mol. The number of nitrogens with zero attached hydrogens (tertiary/aromatic N) is 1. The van der Waals surface area contributed by atoms with Crippen molar-refractivity contribution in [3.05, 3.63) is 11.1 Å². The zero-order valence-electron chi connectivity index (χ0n) is 12.5. The fourth-order valence-corrected chi connectivity index (χ4v) is 4.26. The van der Waals surface area contributed by atoms with Gasteiger partial charge in [0, 0.05) is 18.2 Å². The Labute approximate surface area is 121 Å². The van der Waals surface area contributed by atoms with Crippen molar-refractivity contribution < 1.29 is 9.59 Å². The van der Waals surface area contributed by atoms with Gasteiger partial charge in [0.05, 0.1) is 0 Å². The first-order valence-electron chi connectivity index (χ1n) is 8.26. The van der Waals surface area contributed by atoms with Gasteiger partial charge in [-0.15, -0.1) is 0 Å². The minimum atomic E-state index is 0.00229. The molecule has 0 aromatic heterocycles. The molecular weight excluding hydrogens is 250 g/mol. The van der Waals surface area contributed by atoms with Crippen LogP contribution in [-0.2, 0) is 9.59 Å². The topological polar surface area (TPSA) is 37.4 Å². The molecule has 1 aliphatic heterocycles. The van der Waals surface area contributed by atoms with Crippen molar-refractivity contribution in [1.82, 2.24) is 4.90 Å². The lowest BCUT2D eigenvalue weighted by molar-refractivity contribution is -0.136. The summed E-state index contributed by atoms with van der Waals surface area (Å²) >= 11 is 0. The van der Waals surface area contributed by atoms with Crippen molar-refractivity contribution in [3.63, 3.8) is 0 Å². The van der Waals surface area contributed by atoms with Crippen LogP contribution in [0.4, 0.5) is 0 Å². The van der Waals surface area contributed by atoms with Crippen LogP contribution in [0.1, 0.15) is 64.2 Å². The van der Waals surface area contributed by atoms with Crippen LogP contribution >= 0.6 is 0 Å². The number of hydrogen-bond acceptors (Lipinski definition) is 2. The SMILES string of the molecule is CN1C(=O)C(C2CCCCC2)=C(C2CCCCC2)C1=O. The van der Waals surface area contributed by atoms with Gasteiger partial charge in [0.1, 0.15) is 0 Å². The summed E-state index contributed by atoms with van der Waals surface area (Å²) < 4.78 is 0. The highest BCUT2D eigenvalue weighted by Gasteiger charge is 2.42. The Morgan fingerprint density at radius 1 is 0.700 bits per heavy atom. The van der Waals surface area contributed by atoms with Crippen molar-refractivity contribution in [2.75, 3.05) is 7.05 Å². The van der Waals surface area contributed by atoms with Gasteiger partial charge in [-0.25, -0.2) is 0 Å². The molecule has 0 atom stereocenters. The number of hydrogen-bond donors (Lipinski definition) is 0. The fraction of sp³-hybridized carbons (Fsp3) is 0.765. The fourth-order valence-electron chi connectivity index (χ4n) is 4.26. The molecule has 2 aliphatic carbocycles. The predicted molar refractivity (Wildman–Crippen MR) is 78.0 cm³/mol. The van der Waals surface area contributed by atoms with E-state index in [2.05, 4.69) is 0 Å². The van der Waals surface area contributed by atoms with Gasteiger partial charge in [-0.05, 0) is 37.5 Å². The number of rotatable bonds is 2. The zero-order valence-corrected chi connectivity index (χ0v) is 12.5. The Bertz CT molecular complexity index is 400. The minimum Gasteiger partial charge on any atom is -0.278 e. The molecule has 1 heterocycles. The lowest BCUT2D eigenvalue weighted by atomic mass is 9.76. The van der Waals surface area contributed by atoms with Gasteiger partial charge < -0.3 is 0 Å². The first-order valence-corrected chi connectivity index (χ1v) is 8.26. The van der Waals surface area contributed by atoms with E-state index >= 15 is 0 Å². The van der Waals surface area contributed by atoms with E-state index in [9.17, 15) is 9.59 Å². The molecule has 2 fully saturated rings. The van der Waals surface area contributed by atoms with Crippen LogP contribution in [0.25, 0.3) is 0 Å². The molecule has 110 valence electrons. The van der Waals surface area contributed by atoms with Crippen LogP contribution in [0.2, 0.25) is 0 Å². The molecule has 0 aromatic carbocycles. The molecular formula is C17H25NO2. The molecule has 0 bridgehead atoms. The second-order valence-electron chi connectivity index (χ2n) is 6.67. The Balaban J connectivity index is 1.94. The van der Waals surface area contributed by atoms with Crippen LogP contribution in [0.15, 0.2) is 11.1 Å². The van der Waals surface area contributed by atoms with Crippen LogP contribution < -0.4 is 0 Å². The lowest BCUT2D eigenvalue weighted by Crippen LogP contribution is -2.29. The molecule has 2 amide bonds. The number of carbonyl (C=O) groups excluding carboxylic acids is 2. The normalized spacial score (nSPS) is 26.8. The highest BCUT2D eigenvalue weighted by molar-refractivity contribution is 6.19. The van der Waals surface area contributed by atoms with Gasteiger partial charge >= 0.3 is 0 Å². The van der Waals surface area contributed by atoms with Crippen LogP contribution in [0, 0.1) is 11.8 Å². The molecule has 0 radical (unpaired) electrons. The molecule has 20 heavy (non-hydrogen) atoms. The maximum atomic E-state index is 12.5. The Hall–Kier alpha value is -1.12. The van der Waals surface area contributed by atoms with Crippen molar-refractivity contribution in [1.29, 1.82) is 0 Å². The third kappa shape index (κ3) is 2.32. The summed E-state index contributed by atoms with van der Waals surface area (Å²) in [4.78, 5) is 26.4. The van der Waals surface area contributed by atoms with Gasteiger partial charge in [0.25, 0.3) is 11.8 Å². The molecule has 0 spiro atoms. The second-order valence-corrected chi connectivity index (χ2v) is 6.67. The number of imide groups is 1. The third-order valence-corrected chi connectivity index (χ3v) is 5.39. The smallest absolute Gasteiger partial charge is 0.257 e. The van der Waals surface area contributed by atoms with Gasteiger partial charge in [-0.3, -0.25) is 14.5 Å². The van der Waals surface area contributed by atoms with E-state index in [1.807, 2.05) is 0 Å². The standard InChI is InChI=1S/C17H25NO2/c1-18-16(19)14(12-8-4-2-5-9-12)15(17(18)20)13-10-6-3-7-11-13/h12-13H,2-11H2,1H3. The van der Waals surface area contributed by atoms with E-state index in [1.165, 1.54) is 43.4 Å². The van der Waals surface area contributed by atoms with E-state index < -0.39 is 0 Å². The summed E-state index contributed by atoms with van der Waals surface area (Å²) in [6, 6.07) is 0. The summed E-state index contributed by atoms with van der Waals surface area (Å²) in [5.41, 5.74) is 1.81. The van der Waals surface area contributed by atoms with Gasteiger partial charge in [0.15, 0.2) is 0 Å². The molecule has 3 rings (SSSR count). The van der Waals surface area contributed by atoms with Gasteiger partial charge in [-0.2, -0.15) is 0 Å². The highest BCUT2D eigenvalue weighted by atomic mass is 16.2. The second kappa shape index (κ2) is 5.71. The summed E-state index contributed by atoms with van der Waals surface area (Å²) in [6.45, 7) is 0. The zero-order chi connectivity index (χ0) is 14.1. The van der Waals surface area contributed by atoms with Crippen molar-refractivity contribution in [3.8, 4) is 0 Å². The van der Waals surface area contributed by atoms with Crippen molar-refractivity contribution in [2.24, 2.45) is 11.8 Å². The van der Waals surface area contributed by atoms with Gasteiger partial charge in [0.2, 0.25) is 0 Å². The monoisotopic (exact) mass is 275 g/mol. The number of likely N-dealkylation sites (N-methyl/N-ethyl adjacent to an activating group) is 1. The molecule has 0 N–H and O–H groups in total. The average Bonchev–Trinajstić information content (AvgIpc) is 2.73. The Morgan fingerprint density at radius 2 is 1.05 bits per heavy atom. The molecule has 3 heteroatoms. The first kappa shape index (κ1) is 13.8. The Kier molecular flexibility index (Phi) is 3.95. The molecule has 2 saturated carbocycles. The largest absolute Gasteiger partial charge is 0.278 e. The highest BCUT2D eigenvalue weighted by Crippen LogP contribution is 2.41. The maximum absolute atomic E-state index is 12.5. The summed E-state index contributed by atoms with van der Waals surface area (Å²) in [5, 5.41) is 0. The van der Waals surface area contributed by atoms with Crippen molar-refractivity contribution >= 4 is 11.8 Å². The summed E-state index contributed by atoms with van der Waals surface area (Å²) in [7, 11) is 1.66. The van der Waals surface area contributed by atoms with Crippen LogP contribution in [0.3, 0.4) is 0 Å². The van der Waals surface area contributed by atoms with Gasteiger partial charge in [-0.1, -0.05) is 38.5 Å². The summed E-state index contributed by atoms with van der Waals surface area (Å²) in [5.74, 6) is 0.703. The Morgan fingerprint density at radius 3 is 1.40 bits per heavy atom. The third-order valence-electron chi connectivity index (χ3n) is 5.39. The minimum absolute atomic E-state index is 0.00229. The quantitative estimate of drug-likeness (QED) is 0.724. The molecule has 0 saturated heterocycles.